The molecule has 0 aromatic heterocycles. The summed E-state index contributed by atoms with van der Waals surface area (Å²) in [5.74, 6) is 0. The first-order valence-electron chi connectivity index (χ1n) is 21.3. The van der Waals surface area contributed by atoms with Crippen LogP contribution in [0.5, 0.6) is 0 Å². The van der Waals surface area contributed by atoms with E-state index in [0.29, 0.717) is 0 Å². The minimum atomic E-state index is -4.38. The lowest BCUT2D eigenvalue weighted by Crippen LogP contribution is -2.80. The van der Waals surface area contributed by atoms with Gasteiger partial charge in [0.2, 0.25) is 0 Å². The maximum atomic E-state index is 8.23. The molecule has 0 spiro atoms. The highest BCUT2D eigenvalue weighted by molar-refractivity contribution is 7.04. The minimum absolute atomic E-state index is 0.767. The molecule has 4 aromatic carbocycles. The number of rotatable bonds is 22. The molecule has 0 aliphatic carbocycles. The average molecular weight is 1000 g/mol. The largest absolute Gasteiger partial charge is 0.512 e. The summed E-state index contributed by atoms with van der Waals surface area (Å²) < 4.78 is 69.7. The Hall–Kier alpha value is -1.31. The zero-order valence-corrected chi connectivity index (χ0v) is 50.2. The molecule has 0 aliphatic heterocycles. The van der Waals surface area contributed by atoms with Gasteiger partial charge in [-0.3, -0.25) is 0 Å². The second kappa shape index (κ2) is 19.7. The summed E-state index contributed by atoms with van der Waals surface area (Å²) in [6, 6.07) is 40.7. The van der Waals surface area contributed by atoms with Crippen LogP contribution in [-0.4, -0.2) is 85.1 Å². The summed E-state index contributed by atoms with van der Waals surface area (Å²) >= 11 is 0. The predicted molar refractivity (Wildman–Crippen MR) is 277 cm³/mol. The lowest BCUT2D eigenvalue weighted by atomic mass is 10.4. The zero-order chi connectivity index (χ0) is 45.8. The van der Waals surface area contributed by atoms with Crippen molar-refractivity contribution in [1.29, 1.82) is 0 Å². The summed E-state index contributed by atoms with van der Waals surface area (Å²) in [5, 5.41) is 3.24. The molecule has 0 radical (unpaired) electrons. The van der Waals surface area contributed by atoms with Gasteiger partial charge in [0.25, 0.3) is 0 Å². The summed E-state index contributed by atoms with van der Waals surface area (Å²) in [7, 11) is -31.7. The molecule has 0 heterocycles. The lowest BCUT2D eigenvalue weighted by Gasteiger charge is -2.50. The minimum Gasteiger partial charge on any atom is -0.413 e. The van der Waals surface area contributed by atoms with Crippen molar-refractivity contribution in [3.63, 3.8) is 0 Å². The molecule has 61 heavy (non-hydrogen) atoms. The molecule has 19 heteroatoms. The molecule has 2 unspecified atom stereocenters. The maximum absolute atomic E-state index is 8.23. The van der Waals surface area contributed by atoms with Crippen LogP contribution in [0.15, 0.2) is 121 Å². The van der Waals surface area contributed by atoms with Gasteiger partial charge in [0.05, 0.1) is 0 Å². The number of hydrogen-bond acceptors (Lipinski definition) is 9. The Balaban J connectivity index is 2.29. The zero-order valence-electron chi connectivity index (χ0n) is 40.2. The van der Waals surface area contributed by atoms with Crippen LogP contribution < -0.4 is 20.7 Å². The van der Waals surface area contributed by atoms with E-state index < -0.39 is 85.1 Å². The molecular formula is C42H74O9Si10. The molecule has 0 saturated carbocycles. The topological polar surface area (TPSA) is 83.1 Å². The standard InChI is InChI=1S/C42H74O9Si10/c1-52(2,3)43-58(44-53(4,5)6,39-31-23-19-24-32-39)49-60(47-56(13,14)15,41-35-27-21-28-36-41)51-61(48-57(16,17)18,42-37-29-22-30-38-42)50-59(45-54(7,8)9,46-55(10,11)12)40-33-25-20-26-34-40/h19-38H,1-18H3. The van der Waals surface area contributed by atoms with Gasteiger partial charge in [0, 0.05) is 20.7 Å². The predicted octanol–water partition coefficient (Wildman–Crippen LogP) is 9.53. The fraction of sp³-hybridized carbons (Fsp3) is 0.429. The van der Waals surface area contributed by atoms with Crippen LogP contribution in [0.4, 0.5) is 0 Å². The van der Waals surface area contributed by atoms with Crippen LogP contribution in [0.2, 0.25) is 118 Å². The molecular weight excluding hydrogens is 929 g/mol. The second-order valence-corrected chi connectivity index (χ2v) is 60.7. The van der Waals surface area contributed by atoms with Crippen molar-refractivity contribution in [1.82, 2.24) is 0 Å². The van der Waals surface area contributed by atoms with E-state index in [2.05, 4.69) is 166 Å². The monoisotopic (exact) mass is 1000 g/mol. The average Bonchev–Trinajstić information content (AvgIpc) is 3.08. The molecule has 336 valence electrons. The van der Waals surface area contributed by atoms with Crippen molar-refractivity contribution in [2.45, 2.75) is 118 Å². The summed E-state index contributed by atoms with van der Waals surface area (Å²) in [6.45, 7) is 39.2. The highest BCUT2D eigenvalue weighted by atomic mass is 28.6. The third-order valence-corrected chi connectivity index (χ3v) is 39.7. The van der Waals surface area contributed by atoms with Gasteiger partial charge >= 0.3 is 35.2 Å². The van der Waals surface area contributed by atoms with Crippen molar-refractivity contribution in [2.24, 2.45) is 0 Å². The van der Waals surface area contributed by atoms with E-state index in [-0.39, 0.29) is 0 Å². The Morgan fingerprint density at radius 2 is 0.328 bits per heavy atom. The van der Waals surface area contributed by atoms with Crippen LogP contribution in [0, 0.1) is 0 Å². The molecule has 0 bridgehead atoms. The first kappa shape index (κ1) is 52.3. The number of benzene rings is 4. The van der Waals surface area contributed by atoms with Gasteiger partial charge in [-0.25, -0.2) is 0 Å². The van der Waals surface area contributed by atoms with E-state index >= 15 is 0 Å². The molecule has 9 nitrogen and oxygen atoms in total. The van der Waals surface area contributed by atoms with E-state index in [1.54, 1.807) is 0 Å². The molecule has 4 aromatic rings. The molecule has 0 amide bonds. The van der Waals surface area contributed by atoms with Gasteiger partial charge in [-0.2, -0.15) is 0 Å². The lowest BCUT2D eigenvalue weighted by molar-refractivity contribution is 0.146. The van der Waals surface area contributed by atoms with Crippen LogP contribution in [-0.2, 0) is 37.0 Å². The van der Waals surface area contributed by atoms with E-state index in [1.807, 2.05) is 72.8 Å². The Labute approximate surface area is 379 Å². The third-order valence-electron chi connectivity index (χ3n) is 7.96. The van der Waals surface area contributed by atoms with Crippen LogP contribution in [0.1, 0.15) is 0 Å². The number of hydrogen-bond donors (Lipinski definition) is 0. The van der Waals surface area contributed by atoms with E-state index in [0.717, 1.165) is 20.7 Å². The third kappa shape index (κ3) is 16.0. The fourth-order valence-corrected chi connectivity index (χ4v) is 44.6. The second-order valence-electron chi connectivity index (χ2n) is 21.3. The summed E-state index contributed by atoms with van der Waals surface area (Å²) in [5.41, 5.74) is 0. The Kier molecular flexibility index (Phi) is 16.9. The van der Waals surface area contributed by atoms with Gasteiger partial charge in [0.1, 0.15) is 0 Å². The van der Waals surface area contributed by atoms with Gasteiger partial charge in [-0.1, -0.05) is 121 Å². The molecule has 0 N–H and O–H groups in total. The maximum Gasteiger partial charge on any atom is 0.512 e. The van der Waals surface area contributed by atoms with Crippen LogP contribution in [0.3, 0.4) is 0 Å². The quantitative estimate of drug-likeness (QED) is 0.0716. The van der Waals surface area contributed by atoms with Gasteiger partial charge in [-0.05, 0) is 118 Å². The van der Waals surface area contributed by atoms with E-state index in [1.165, 1.54) is 0 Å². The first-order valence-corrected chi connectivity index (χ1v) is 48.7. The van der Waals surface area contributed by atoms with Crippen molar-refractivity contribution < 1.29 is 37.0 Å². The van der Waals surface area contributed by atoms with E-state index in [4.69, 9.17) is 37.0 Å². The first-order chi connectivity index (χ1) is 27.8. The van der Waals surface area contributed by atoms with E-state index in [9.17, 15) is 0 Å². The van der Waals surface area contributed by atoms with Crippen molar-refractivity contribution in [2.75, 3.05) is 0 Å². The van der Waals surface area contributed by atoms with Gasteiger partial charge in [0.15, 0.2) is 49.9 Å². The Morgan fingerprint density at radius 1 is 0.197 bits per heavy atom. The molecule has 2 atom stereocenters. The van der Waals surface area contributed by atoms with Crippen molar-refractivity contribution >= 4 is 106 Å². The molecule has 0 fully saturated rings. The van der Waals surface area contributed by atoms with Gasteiger partial charge < -0.3 is 37.0 Å². The van der Waals surface area contributed by atoms with Crippen LogP contribution >= 0.6 is 0 Å². The van der Waals surface area contributed by atoms with Crippen molar-refractivity contribution in [3.05, 3.63) is 121 Å². The summed E-state index contributed by atoms with van der Waals surface area (Å²) in [4.78, 5) is 0. The van der Waals surface area contributed by atoms with Crippen molar-refractivity contribution in [3.8, 4) is 0 Å². The highest BCUT2D eigenvalue weighted by Gasteiger charge is 2.68. The van der Waals surface area contributed by atoms with Crippen LogP contribution in [0.25, 0.3) is 0 Å². The normalized spacial score (nSPS) is 15.9. The SMILES string of the molecule is C[Si](C)(C)O[Si](O[Si](C)(C)C)(O[Si](O[Si](C)(C)C)(O[Si](O[Si](C)(C)C)(O[Si](O[Si](C)(C)C)(O[Si](C)(C)C)c1ccccc1)c1ccccc1)c1ccccc1)c1ccccc1. The molecule has 4 rings (SSSR count). The smallest absolute Gasteiger partial charge is 0.413 e. The Morgan fingerprint density at radius 3 is 0.459 bits per heavy atom. The molecule has 0 saturated heterocycles. The molecule has 0 aliphatic rings. The Bertz CT molecular complexity index is 1790. The summed E-state index contributed by atoms with van der Waals surface area (Å²) in [6.07, 6.45) is 0. The van der Waals surface area contributed by atoms with Gasteiger partial charge in [-0.15, -0.1) is 0 Å². The fourth-order valence-electron chi connectivity index (χ4n) is 6.48. The highest BCUT2D eigenvalue weighted by Crippen LogP contribution is 2.35.